The van der Waals surface area contributed by atoms with Crippen LogP contribution >= 0.6 is 15.9 Å². The van der Waals surface area contributed by atoms with E-state index >= 15 is 0 Å². The zero-order chi connectivity index (χ0) is 14.7. The van der Waals surface area contributed by atoms with Gasteiger partial charge in [0.2, 0.25) is 5.82 Å². The van der Waals surface area contributed by atoms with Gasteiger partial charge in [0, 0.05) is 12.6 Å². The number of hydrogen-bond donors (Lipinski definition) is 1. The summed E-state index contributed by atoms with van der Waals surface area (Å²) in [6.07, 6.45) is 1.29. The number of nitrogens with one attached hydrogen (secondary N) is 1. The van der Waals surface area contributed by atoms with Crippen molar-refractivity contribution in [1.82, 2.24) is 20.1 Å². The molecule has 1 aromatic heterocycles. The number of aromatic amines is 1. The van der Waals surface area contributed by atoms with Crippen molar-refractivity contribution in [2.75, 3.05) is 0 Å². The van der Waals surface area contributed by atoms with Crippen LogP contribution in [0.4, 0.5) is 4.39 Å². The van der Waals surface area contributed by atoms with Crippen molar-refractivity contribution in [2.45, 2.75) is 26.4 Å². The monoisotopic (exact) mass is 340 g/mol. The zero-order valence-electron chi connectivity index (χ0n) is 11.1. The Labute approximate surface area is 124 Å². The molecule has 1 aromatic carbocycles. The first-order valence-corrected chi connectivity index (χ1v) is 6.88. The molecule has 5 nitrogen and oxygen atoms in total. The van der Waals surface area contributed by atoms with Gasteiger partial charge >= 0.3 is 0 Å². The Kier molecular flexibility index (Phi) is 4.49. The Balaban J connectivity index is 2.21. The number of carbonyl (C=O) groups excluding carboxylic acids is 1. The molecule has 106 valence electrons. The van der Waals surface area contributed by atoms with Crippen molar-refractivity contribution < 1.29 is 9.18 Å². The lowest BCUT2D eigenvalue weighted by Gasteiger charge is -2.26. The summed E-state index contributed by atoms with van der Waals surface area (Å²) in [5, 5.41) is 6.23. The van der Waals surface area contributed by atoms with Gasteiger partial charge < -0.3 is 4.90 Å². The van der Waals surface area contributed by atoms with Crippen LogP contribution in [0.2, 0.25) is 0 Å². The molecule has 7 heteroatoms. The molecule has 0 fully saturated rings. The van der Waals surface area contributed by atoms with Gasteiger partial charge in [-0.3, -0.25) is 9.89 Å². The lowest BCUT2D eigenvalue weighted by atomic mass is 10.2. The van der Waals surface area contributed by atoms with E-state index in [4.69, 9.17) is 0 Å². The highest BCUT2D eigenvalue weighted by Crippen LogP contribution is 2.19. The van der Waals surface area contributed by atoms with Crippen molar-refractivity contribution in [1.29, 1.82) is 0 Å². The van der Waals surface area contributed by atoms with E-state index in [0.717, 1.165) is 5.56 Å². The number of nitrogens with zero attached hydrogens (tertiary/aromatic N) is 3. The number of halogens is 2. The number of hydrogen-bond acceptors (Lipinski definition) is 3. The van der Waals surface area contributed by atoms with E-state index in [0.29, 0.717) is 11.0 Å². The first kappa shape index (κ1) is 14.6. The molecule has 0 aliphatic heterocycles. The first-order chi connectivity index (χ1) is 9.49. The smallest absolute Gasteiger partial charge is 0.291 e. The van der Waals surface area contributed by atoms with Crippen LogP contribution in [0.15, 0.2) is 29.0 Å². The minimum absolute atomic E-state index is 0.0172. The summed E-state index contributed by atoms with van der Waals surface area (Å²) >= 11 is 3.14. The number of amides is 1. The number of benzene rings is 1. The Morgan fingerprint density at radius 1 is 1.50 bits per heavy atom. The van der Waals surface area contributed by atoms with Crippen LogP contribution in [-0.4, -0.2) is 32.0 Å². The Morgan fingerprint density at radius 3 is 2.80 bits per heavy atom. The summed E-state index contributed by atoms with van der Waals surface area (Å²) in [7, 11) is 0. The topological polar surface area (TPSA) is 61.9 Å². The molecular formula is C13H14BrFN4O. The Hall–Kier alpha value is -1.76. The minimum atomic E-state index is -0.327. The molecule has 0 aliphatic rings. The maximum atomic E-state index is 13.2. The van der Waals surface area contributed by atoms with Crippen LogP contribution in [0.1, 0.15) is 30.0 Å². The normalized spacial score (nSPS) is 10.8. The van der Waals surface area contributed by atoms with Gasteiger partial charge in [-0.25, -0.2) is 9.37 Å². The molecule has 2 aromatic rings. The molecule has 0 bridgehead atoms. The van der Waals surface area contributed by atoms with Crippen molar-refractivity contribution in [3.8, 4) is 0 Å². The molecule has 0 saturated carbocycles. The number of carbonyl (C=O) groups is 1. The second-order valence-electron chi connectivity index (χ2n) is 4.61. The van der Waals surface area contributed by atoms with E-state index in [1.165, 1.54) is 12.4 Å². The fourth-order valence-corrected chi connectivity index (χ4v) is 2.19. The van der Waals surface area contributed by atoms with E-state index in [2.05, 4.69) is 31.1 Å². The van der Waals surface area contributed by atoms with Gasteiger partial charge in [0.05, 0.1) is 4.47 Å². The van der Waals surface area contributed by atoms with Crippen LogP contribution in [0.5, 0.6) is 0 Å². The van der Waals surface area contributed by atoms with E-state index < -0.39 is 0 Å². The highest BCUT2D eigenvalue weighted by molar-refractivity contribution is 9.10. The maximum absolute atomic E-state index is 13.2. The average molecular weight is 341 g/mol. The highest BCUT2D eigenvalue weighted by atomic mass is 79.9. The summed E-state index contributed by atoms with van der Waals surface area (Å²) in [6.45, 7) is 4.19. The van der Waals surface area contributed by atoms with E-state index in [9.17, 15) is 9.18 Å². The molecule has 1 amide bonds. The van der Waals surface area contributed by atoms with Gasteiger partial charge in [-0.1, -0.05) is 6.07 Å². The molecule has 0 atom stereocenters. The lowest BCUT2D eigenvalue weighted by Crippen LogP contribution is -2.37. The zero-order valence-corrected chi connectivity index (χ0v) is 12.7. The molecule has 1 N–H and O–H groups in total. The standard InChI is InChI=1S/C13H14BrFN4O/c1-8(2)19(13(20)12-16-7-17-18-12)6-9-3-4-11(15)10(14)5-9/h3-5,7-8H,6H2,1-2H3,(H,16,17,18). The van der Waals surface area contributed by atoms with Gasteiger partial charge in [0.15, 0.2) is 0 Å². The van der Waals surface area contributed by atoms with Crippen molar-refractivity contribution in [3.05, 3.63) is 46.2 Å². The maximum Gasteiger partial charge on any atom is 0.291 e. The first-order valence-electron chi connectivity index (χ1n) is 6.09. The van der Waals surface area contributed by atoms with Crippen molar-refractivity contribution in [2.24, 2.45) is 0 Å². The summed E-state index contributed by atoms with van der Waals surface area (Å²) < 4.78 is 13.6. The molecule has 0 aliphatic carbocycles. The molecule has 0 saturated heterocycles. The number of aromatic nitrogens is 3. The minimum Gasteiger partial charge on any atom is -0.329 e. The third-order valence-electron chi connectivity index (χ3n) is 2.84. The molecule has 0 radical (unpaired) electrons. The van der Waals surface area contributed by atoms with Crippen LogP contribution in [0.3, 0.4) is 0 Å². The Bertz CT molecular complexity index is 600. The highest BCUT2D eigenvalue weighted by Gasteiger charge is 2.21. The third kappa shape index (κ3) is 3.22. The summed E-state index contributed by atoms with van der Waals surface area (Å²) in [5.41, 5.74) is 0.833. The van der Waals surface area contributed by atoms with Crippen LogP contribution in [0, 0.1) is 5.82 Å². The van der Waals surface area contributed by atoms with Crippen LogP contribution in [-0.2, 0) is 6.54 Å². The van der Waals surface area contributed by atoms with Crippen LogP contribution < -0.4 is 0 Å². The summed E-state index contributed by atoms with van der Waals surface area (Å²) in [6, 6.07) is 4.68. The van der Waals surface area contributed by atoms with Crippen molar-refractivity contribution in [3.63, 3.8) is 0 Å². The average Bonchev–Trinajstić information content (AvgIpc) is 2.93. The molecular weight excluding hydrogens is 327 g/mol. The molecule has 1 heterocycles. The second kappa shape index (κ2) is 6.13. The van der Waals surface area contributed by atoms with E-state index in [-0.39, 0.29) is 23.6 Å². The fraction of sp³-hybridized carbons (Fsp3) is 0.308. The van der Waals surface area contributed by atoms with E-state index in [1.54, 1.807) is 17.0 Å². The number of rotatable bonds is 4. The molecule has 2 rings (SSSR count). The van der Waals surface area contributed by atoms with Gasteiger partial charge in [-0.05, 0) is 47.5 Å². The van der Waals surface area contributed by atoms with Gasteiger partial charge in [0.25, 0.3) is 5.91 Å². The van der Waals surface area contributed by atoms with Gasteiger partial charge in [-0.15, -0.1) is 0 Å². The van der Waals surface area contributed by atoms with Gasteiger partial charge in [-0.2, -0.15) is 5.10 Å². The summed E-state index contributed by atoms with van der Waals surface area (Å²) in [4.78, 5) is 17.8. The third-order valence-corrected chi connectivity index (χ3v) is 3.45. The predicted molar refractivity (Wildman–Crippen MR) is 75.5 cm³/mol. The quantitative estimate of drug-likeness (QED) is 0.930. The Morgan fingerprint density at radius 2 is 2.25 bits per heavy atom. The molecule has 0 unspecified atom stereocenters. The SMILES string of the molecule is CC(C)N(Cc1ccc(F)c(Br)c1)C(=O)c1ncn[nH]1. The van der Waals surface area contributed by atoms with Gasteiger partial charge in [0.1, 0.15) is 12.1 Å². The summed E-state index contributed by atoms with van der Waals surface area (Å²) in [5.74, 6) is -0.371. The number of H-pyrrole nitrogens is 1. The molecule has 0 spiro atoms. The van der Waals surface area contributed by atoms with E-state index in [1.807, 2.05) is 13.8 Å². The fourth-order valence-electron chi connectivity index (χ4n) is 1.77. The largest absolute Gasteiger partial charge is 0.329 e. The predicted octanol–water partition coefficient (Wildman–Crippen LogP) is 2.76. The lowest BCUT2D eigenvalue weighted by molar-refractivity contribution is 0.0678. The second-order valence-corrected chi connectivity index (χ2v) is 5.46. The van der Waals surface area contributed by atoms with Crippen molar-refractivity contribution >= 4 is 21.8 Å². The molecule has 20 heavy (non-hydrogen) atoms. The van der Waals surface area contributed by atoms with Crippen LogP contribution in [0.25, 0.3) is 0 Å².